The molecule has 1 amide bonds. The maximum Gasteiger partial charge on any atom is 0.253 e. The van der Waals surface area contributed by atoms with E-state index < -0.39 is 0 Å². The molecular formula is C14H14BrFN2O. The summed E-state index contributed by atoms with van der Waals surface area (Å²) in [5.41, 5.74) is 0.499. The van der Waals surface area contributed by atoms with Crippen LogP contribution in [0, 0.1) is 18.2 Å². The molecule has 100 valence electrons. The molecule has 3 nitrogen and oxygen atoms in total. The molecule has 1 aromatic carbocycles. The minimum atomic E-state index is -0.365. The lowest BCUT2D eigenvalue weighted by Gasteiger charge is -2.33. The molecule has 19 heavy (non-hydrogen) atoms. The Morgan fingerprint density at radius 1 is 1.37 bits per heavy atom. The van der Waals surface area contributed by atoms with Crippen LogP contribution in [0.4, 0.5) is 4.39 Å². The summed E-state index contributed by atoms with van der Waals surface area (Å²) in [4.78, 5) is 16.2. The van der Waals surface area contributed by atoms with E-state index in [1.807, 2.05) is 0 Å². The van der Waals surface area contributed by atoms with Crippen molar-refractivity contribution in [1.82, 2.24) is 9.80 Å². The topological polar surface area (TPSA) is 23.6 Å². The molecule has 0 bridgehead atoms. The molecule has 0 unspecified atom stereocenters. The maximum absolute atomic E-state index is 13.1. The Labute approximate surface area is 120 Å². The van der Waals surface area contributed by atoms with Crippen molar-refractivity contribution >= 4 is 21.8 Å². The number of piperazine rings is 1. The average molecular weight is 325 g/mol. The molecule has 1 heterocycles. The minimum Gasteiger partial charge on any atom is -0.336 e. The van der Waals surface area contributed by atoms with Gasteiger partial charge in [-0.05, 0) is 34.1 Å². The van der Waals surface area contributed by atoms with E-state index in [1.54, 1.807) is 4.90 Å². The smallest absolute Gasteiger partial charge is 0.253 e. The summed E-state index contributed by atoms with van der Waals surface area (Å²) in [6.45, 7) is 3.46. The van der Waals surface area contributed by atoms with Gasteiger partial charge in [0.15, 0.2) is 0 Å². The number of nitrogens with zero attached hydrogens (tertiary/aromatic N) is 2. The van der Waals surface area contributed by atoms with Crippen molar-refractivity contribution in [3.05, 3.63) is 34.1 Å². The third-order valence-electron chi connectivity index (χ3n) is 3.14. The van der Waals surface area contributed by atoms with E-state index in [4.69, 9.17) is 6.42 Å². The number of rotatable bonds is 2. The lowest BCUT2D eigenvalue weighted by Crippen LogP contribution is -2.48. The van der Waals surface area contributed by atoms with E-state index in [0.717, 1.165) is 13.1 Å². The summed E-state index contributed by atoms with van der Waals surface area (Å²) in [7, 11) is 0. The molecule has 0 aliphatic carbocycles. The summed E-state index contributed by atoms with van der Waals surface area (Å²) in [5, 5.41) is 0. The van der Waals surface area contributed by atoms with Crippen molar-refractivity contribution in [2.45, 2.75) is 0 Å². The zero-order valence-electron chi connectivity index (χ0n) is 10.4. The first-order chi connectivity index (χ1) is 9.11. The summed E-state index contributed by atoms with van der Waals surface area (Å²) in [6, 6.07) is 4.33. The SMILES string of the molecule is C#CCN1CCN(C(=O)c2ccc(F)c(Br)c2)CC1. The van der Waals surface area contributed by atoms with E-state index >= 15 is 0 Å². The van der Waals surface area contributed by atoms with Crippen LogP contribution >= 0.6 is 15.9 Å². The molecule has 0 N–H and O–H groups in total. The standard InChI is InChI=1S/C14H14BrFN2O/c1-2-5-17-6-8-18(9-7-17)14(19)11-3-4-13(16)12(15)10-11/h1,3-4,10H,5-9H2. The Morgan fingerprint density at radius 3 is 2.63 bits per heavy atom. The molecule has 2 rings (SSSR count). The number of carbonyl (C=O) groups is 1. The number of hydrogen-bond donors (Lipinski definition) is 0. The van der Waals surface area contributed by atoms with Gasteiger partial charge in [-0.15, -0.1) is 6.42 Å². The normalized spacial score (nSPS) is 16.2. The Hall–Kier alpha value is -1.38. The van der Waals surface area contributed by atoms with Gasteiger partial charge in [0.1, 0.15) is 5.82 Å². The van der Waals surface area contributed by atoms with Crippen LogP contribution in [0.2, 0.25) is 0 Å². The monoisotopic (exact) mass is 324 g/mol. The predicted octanol–water partition coefficient (Wildman–Crippen LogP) is 1.98. The molecule has 0 spiro atoms. The number of hydrogen-bond acceptors (Lipinski definition) is 2. The molecule has 1 aromatic rings. The molecule has 1 aliphatic rings. The second-order valence-corrected chi connectivity index (χ2v) is 5.26. The van der Waals surface area contributed by atoms with E-state index in [0.29, 0.717) is 29.7 Å². The first-order valence-electron chi connectivity index (χ1n) is 6.02. The summed E-state index contributed by atoms with van der Waals surface area (Å²) in [5.74, 6) is 2.17. The first-order valence-corrected chi connectivity index (χ1v) is 6.81. The Balaban J connectivity index is 2.01. The number of halogens is 2. The fourth-order valence-electron chi connectivity index (χ4n) is 2.05. The third-order valence-corrected chi connectivity index (χ3v) is 3.75. The number of amides is 1. The molecule has 1 saturated heterocycles. The maximum atomic E-state index is 13.1. The Bertz CT molecular complexity index is 519. The first kappa shape index (κ1) is 14.0. The van der Waals surface area contributed by atoms with E-state index in [1.165, 1.54) is 18.2 Å². The van der Waals surface area contributed by atoms with E-state index in [-0.39, 0.29) is 11.7 Å². The number of terminal acetylenes is 1. The van der Waals surface area contributed by atoms with Crippen LogP contribution in [0.3, 0.4) is 0 Å². The van der Waals surface area contributed by atoms with Crippen LogP contribution in [0.5, 0.6) is 0 Å². The molecule has 0 atom stereocenters. The fourth-order valence-corrected chi connectivity index (χ4v) is 2.43. The average Bonchev–Trinajstić information content (AvgIpc) is 2.42. The fraction of sp³-hybridized carbons (Fsp3) is 0.357. The van der Waals surface area contributed by atoms with Gasteiger partial charge in [0.25, 0.3) is 5.91 Å². The van der Waals surface area contributed by atoms with Crippen LogP contribution in [-0.4, -0.2) is 48.4 Å². The van der Waals surface area contributed by atoms with Gasteiger partial charge >= 0.3 is 0 Å². The highest BCUT2D eigenvalue weighted by molar-refractivity contribution is 9.10. The van der Waals surface area contributed by atoms with Gasteiger partial charge in [-0.3, -0.25) is 9.69 Å². The van der Waals surface area contributed by atoms with Gasteiger partial charge in [-0.25, -0.2) is 4.39 Å². The van der Waals surface area contributed by atoms with Crippen molar-refractivity contribution in [2.24, 2.45) is 0 Å². The largest absolute Gasteiger partial charge is 0.336 e. The highest BCUT2D eigenvalue weighted by Gasteiger charge is 2.22. The van der Waals surface area contributed by atoms with Crippen LogP contribution in [-0.2, 0) is 0 Å². The van der Waals surface area contributed by atoms with Crippen molar-refractivity contribution in [1.29, 1.82) is 0 Å². The van der Waals surface area contributed by atoms with Crippen LogP contribution in [0.25, 0.3) is 0 Å². The number of carbonyl (C=O) groups excluding carboxylic acids is 1. The van der Waals surface area contributed by atoms with E-state index in [2.05, 4.69) is 26.8 Å². The summed E-state index contributed by atoms with van der Waals surface area (Å²) in [6.07, 6.45) is 5.26. The molecule has 0 saturated carbocycles. The third kappa shape index (κ3) is 3.34. The van der Waals surface area contributed by atoms with Crippen molar-refractivity contribution in [3.8, 4) is 12.3 Å². The van der Waals surface area contributed by atoms with E-state index in [9.17, 15) is 9.18 Å². The molecule has 1 aliphatic heterocycles. The summed E-state index contributed by atoms with van der Waals surface area (Å²) >= 11 is 3.09. The molecule has 5 heteroatoms. The van der Waals surface area contributed by atoms with Gasteiger partial charge in [0.05, 0.1) is 11.0 Å². The molecule has 1 fully saturated rings. The lowest BCUT2D eigenvalue weighted by molar-refractivity contribution is 0.0652. The van der Waals surface area contributed by atoms with Gasteiger partial charge in [0, 0.05) is 31.7 Å². The molecule has 0 aromatic heterocycles. The van der Waals surface area contributed by atoms with Crippen molar-refractivity contribution in [3.63, 3.8) is 0 Å². The summed E-state index contributed by atoms with van der Waals surface area (Å²) < 4.78 is 13.5. The highest BCUT2D eigenvalue weighted by Crippen LogP contribution is 2.18. The molecule has 0 radical (unpaired) electrons. The van der Waals surface area contributed by atoms with Gasteiger partial charge in [0.2, 0.25) is 0 Å². The zero-order valence-corrected chi connectivity index (χ0v) is 12.0. The minimum absolute atomic E-state index is 0.0685. The second-order valence-electron chi connectivity index (χ2n) is 4.40. The quantitative estimate of drug-likeness (QED) is 0.777. The second kappa shape index (κ2) is 6.18. The van der Waals surface area contributed by atoms with Crippen LogP contribution in [0.15, 0.2) is 22.7 Å². The number of benzene rings is 1. The highest BCUT2D eigenvalue weighted by atomic mass is 79.9. The van der Waals surface area contributed by atoms with Gasteiger partial charge < -0.3 is 4.90 Å². The predicted molar refractivity (Wildman–Crippen MR) is 75.3 cm³/mol. The molecular weight excluding hydrogens is 311 g/mol. The van der Waals surface area contributed by atoms with Crippen molar-refractivity contribution < 1.29 is 9.18 Å². The Morgan fingerprint density at radius 2 is 2.05 bits per heavy atom. The lowest BCUT2D eigenvalue weighted by atomic mass is 10.2. The van der Waals surface area contributed by atoms with Gasteiger partial charge in [-0.1, -0.05) is 5.92 Å². The van der Waals surface area contributed by atoms with Crippen LogP contribution in [0.1, 0.15) is 10.4 Å². The zero-order chi connectivity index (χ0) is 13.8. The Kier molecular flexibility index (Phi) is 4.56. The van der Waals surface area contributed by atoms with Crippen LogP contribution < -0.4 is 0 Å². The van der Waals surface area contributed by atoms with Crippen molar-refractivity contribution in [2.75, 3.05) is 32.7 Å². The van der Waals surface area contributed by atoms with Gasteiger partial charge in [-0.2, -0.15) is 0 Å².